The molecule has 1 atom stereocenters. The van der Waals surface area contributed by atoms with Gasteiger partial charge in [0.05, 0.1) is 39.6 Å². The fourth-order valence-electron chi connectivity index (χ4n) is 1.52. The number of aliphatic carboxylic acids is 1. The van der Waals surface area contributed by atoms with Crippen LogP contribution in [0.15, 0.2) is 0 Å². The predicted octanol–water partition coefficient (Wildman–Crippen LogP) is -4.02. The summed E-state index contributed by atoms with van der Waals surface area (Å²) < 4.78 is 0. The molecule has 0 rings (SSSR count). The summed E-state index contributed by atoms with van der Waals surface area (Å²) in [5.41, 5.74) is 0. The molecule has 0 aliphatic carbocycles. The number of hydrogen-bond donors (Lipinski definition) is 8. The fraction of sp³-hybridized carbons (Fsp3) is 0.933. The first-order valence-electron chi connectivity index (χ1n) is 8.35. The molecule has 0 aromatic heterocycles. The maximum atomic E-state index is 9.45. The summed E-state index contributed by atoms with van der Waals surface area (Å²) >= 11 is 0. The normalized spacial score (nSPS) is 11.0. The van der Waals surface area contributed by atoms with Gasteiger partial charge < -0.3 is 40.9 Å². The number of hydrogen-bond acceptors (Lipinski definition) is 10. The van der Waals surface area contributed by atoms with Crippen LogP contribution in [-0.4, -0.2) is 142 Å². The number of aliphatic hydroxyl groups is 7. The number of rotatable bonds is 13. The van der Waals surface area contributed by atoms with E-state index in [0.717, 1.165) is 0 Å². The molecule has 0 fully saturated rings. The van der Waals surface area contributed by atoms with Gasteiger partial charge in [0.1, 0.15) is 6.10 Å². The molecular weight excluding hydrogens is 400 g/mol. The van der Waals surface area contributed by atoms with E-state index in [4.69, 9.17) is 40.9 Å². The molecular formula is C15H36N2O9Ti. The third-order valence-electron chi connectivity index (χ3n) is 2.85. The first-order valence-corrected chi connectivity index (χ1v) is 8.35. The van der Waals surface area contributed by atoms with Crippen LogP contribution in [0, 0.1) is 0 Å². The minimum atomic E-state index is -1.23. The quantitative estimate of drug-likeness (QED) is 0.132. The molecule has 0 heterocycles. The van der Waals surface area contributed by atoms with Gasteiger partial charge in [0.25, 0.3) is 0 Å². The summed E-state index contributed by atoms with van der Waals surface area (Å²) in [5, 5.41) is 66.7. The van der Waals surface area contributed by atoms with Gasteiger partial charge in [-0.15, -0.1) is 0 Å². The Morgan fingerprint density at radius 3 is 0.889 bits per heavy atom. The minimum Gasteiger partial charge on any atom is -0.479 e. The zero-order chi connectivity index (χ0) is 20.8. The molecule has 0 aliphatic rings. The Morgan fingerprint density at radius 1 is 0.667 bits per heavy atom. The third kappa shape index (κ3) is 30.8. The Hall–Kier alpha value is -0.176. The molecule has 11 nitrogen and oxygen atoms in total. The standard InChI is InChI=1S/2C6H15NO3.C3H6O3.Ti/c2*8-4-1-7(2-5-9)3-6-10;1-2(4)3(5)6;/h2*8-10H,1-6H2;2,4H,1H3,(H,5,6);. The maximum Gasteiger partial charge on any atom is 0.332 e. The largest absolute Gasteiger partial charge is 0.479 e. The van der Waals surface area contributed by atoms with Crippen LogP contribution < -0.4 is 0 Å². The average molecular weight is 436 g/mol. The molecule has 0 amide bonds. The van der Waals surface area contributed by atoms with Gasteiger partial charge in [-0.2, -0.15) is 0 Å². The summed E-state index contributed by atoms with van der Waals surface area (Å²) in [6, 6.07) is 0. The van der Waals surface area contributed by atoms with Crippen molar-refractivity contribution < 1.29 is 67.4 Å². The molecule has 0 aromatic carbocycles. The van der Waals surface area contributed by atoms with Gasteiger partial charge >= 0.3 is 5.97 Å². The summed E-state index contributed by atoms with van der Waals surface area (Å²) in [6.07, 6.45) is -1.23. The molecule has 0 bridgehead atoms. The van der Waals surface area contributed by atoms with Crippen LogP contribution in [0.5, 0.6) is 0 Å². The van der Waals surface area contributed by atoms with Crippen molar-refractivity contribution in [1.82, 2.24) is 9.80 Å². The number of carboxylic acid groups (broad SMARTS) is 1. The Morgan fingerprint density at radius 2 is 0.815 bits per heavy atom. The second-order valence-corrected chi connectivity index (χ2v) is 5.04. The van der Waals surface area contributed by atoms with E-state index in [9.17, 15) is 4.79 Å². The van der Waals surface area contributed by atoms with Gasteiger partial charge in [-0.25, -0.2) is 4.79 Å². The smallest absolute Gasteiger partial charge is 0.332 e. The van der Waals surface area contributed by atoms with Crippen LogP contribution in [0.2, 0.25) is 0 Å². The zero-order valence-electron chi connectivity index (χ0n) is 15.9. The number of aliphatic hydroxyl groups excluding tert-OH is 7. The fourth-order valence-corrected chi connectivity index (χ4v) is 1.52. The first-order chi connectivity index (χ1) is 12.3. The molecule has 0 radical (unpaired) electrons. The molecule has 0 aromatic rings. The van der Waals surface area contributed by atoms with Crippen molar-refractivity contribution in [2.75, 3.05) is 78.9 Å². The summed E-state index contributed by atoms with van der Waals surface area (Å²) in [4.78, 5) is 13.0. The first kappa shape index (κ1) is 34.3. The molecule has 1 unspecified atom stereocenters. The van der Waals surface area contributed by atoms with E-state index in [0.29, 0.717) is 39.3 Å². The van der Waals surface area contributed by atoms with E-state index in [-0.39, 0.29) is 61.4 Å². The Balaban J connectivity index is -0.000000149. The Bertz CT molecular complexity index is 243. The van der Waals surface area contributed by atoms with E-state index in [2.05, 4.69) is 0 Å². The van der Waals surface area contributed by atoms with Crippen molar-refractivity contribution in [1.29, 1.82) is 0 Å². The van der Waals surface area contributed by atoms with E-state index in [1.54, 1.807) is 9.80 Å². The molecule has 0 saturated heterocycles. The average Bonchev–Trinajstić information content (AvgIpc) is 2.57. The van der Waals surface area contributed by atoms with Gasteiger partial charge in [0.15, 0.2) is 0 Å². The minimum absolute atomic E-state index is 0. The van der Waals surface area contributed by atoms with Crippen molar-refractivity contribution in [2.24, 2.45) is 0 Å². The van der Waals surface area contributed by atoms with Crippen molar-refractivity contribution in [2.45, 2.75) is 13.0 Å². The Kier molecular flexibility index (Phi) is 35.7. The predicted molar refractivity (Wildman–Crippen MR) is 94.7 cm³/mol. The molecule has 0 aliphatic heterocycles. The van der Waals surface area contributed by atoms with Gasteiger partial charge in [-0.05, 0) is 6.92 Å². The topological polar surface area (TPSA) is 185 Å². The molecule has 0 saturated carbocycles. The van der Waals surface area contributed by atoms with Crippen molar-refractivity contribution in [3.8, 4) is 0 Å². The van der Waals surface area contributed by atoms with Crippen LogP contribution in [-0.2, 0) is 26.5 Å². The summed E-state index contributed by atoms with van der Waals surface area (Å²) in [5.74, 6) is -1.19. The Labute approximate surface area is 175 Å². The zero-order valence-corrected chi connectivity index (χ0v) is 17.5. The van der Waals surface area contributed by atoms with Gasteiger partial charge in [0.2, 0.25) is 0 Å². The van der Waals surface area contributed by atoms with Gasteiger partial charge in [0, 0.05) is 61.0 Å². The van der Waals surface area contributed by atoms with Gasteiger partial charge in [-0.1, -0.05) is 0 Å². The summed E-state index contributed by atoms with van der Waals surface area (Å²) in [6.45, 7) is 4.70. The second-order valence-electron chi connectivity index (χ2n) is 5.04. The van der Waals surface area contributed by atoms with Crippen LogP contribution >= 0.6 is 0 Å². The monoisotopic (exact) mass is 436 g/mol. The molecule has 0 spiro atoms. The molecule has 8 N–H and O–H groups in total. The third-order valence-corrected chi connectivity index (χ3v) is 2.85. The number of carboxylic acids is 1. The second kappa shape index (κ2) is 28.0. The van der Waals surface area contributed by atoms with E-state index < -0.39 is 12.1 Å². The van der Waals surface area contributed by atoms with E-state index in [1.165, 1.54) is 6.92 Å². The van der Waals surface area contributed by atoms with Crippen LogP contribution in [0.4, 0.5) is 0 Å². The van der Waals surface area contributed by atoms with Crippen molar-refractivity contribution in [3.63, 3.8) is 0 Å². The number of carbonyl (C=O) groups is 1. The SMILES string of the molecule is CC(O)C(=O)O.OCCN(CCO)CCO.OCCN(CCO)CCO.[Ti]. The molecule has 12 heteroatoms. The molecule has 164 valence electrons. The number of nitrogens with zero attached hydrogens (tertiary/aromatic N) is 2. The van der Waals surface area contributed by atoms with E-state index >= 15 is 0 Å². The van der Waals surface area contributed by atoms with Crippen LogP contribution in [0.25, 0.3) is 0 Å². The molecule has 27 heavy (non-hydrogen) atoms. The maximum absolute atomic E-state index is 9.45. The van der Waals surface area contributed by atoms with E-state index in [1.807, 2.05) is 0 Å². The van der Waals surface area contributed by atoms with Crippen molar-refractivity contribution in [3.05, 3.63) is 0 Å². The summed E-state index contributed by atoms with van der Waals surface area (Å²) in [7, 11) is 0. The van der Waals surface area contributed by atoms with Gasteiger partial charge in [-0.3, -0.25) is 9.80 Å². The van der Waals surface area contributed by atoms with Crippen molar-refractivity contribution >= 4 is 5.97 Å². The van der Waals surface area contributed by atoms with Crippen LogP contribution in [0.1, 0.15) is 6.92 Å². The van der Waals surface area contributed by atoms with Crippen LogP contribution in [0.3, 0.4) is 0 Å².